The normalized spacial score (nSPS) is 10.1. The number of aromatic amines is 1. The Morgan fingerprint density at radius 3 is 3.00 bits per heavy atom. The van der Waals surface area contributed by atoms with Crippen molar-refractivity contribution in [2.75, 3.05) is 7.11 Å². The van der Waals surface area contributed by atoms with Gasteiger partial charge in [-0.05, 0) is 11.4 Å². The number of hydrogen-bond donors (Lipinski definition) is 1. The third kappa shape index (κ3) is 1.64. The van der Waals surface area contributed by atoms with Gasteiger partial charge < -0.3 is 4.74 Å². The zero-order valence-corrected chi connectivity index (χ0v) is 8.17. The highest BCUT2D eigenvalue weighted by molar-refractivity contribution is 7.08. The van der Waals surface area contributed by atoms with Gasteiger partial charge in [0, 0.05) is 10.9 Å². The molecule has 1 N–H and O–H groups in total. The summed E-state index contributed by atoms with van der Waals surface area (Å²) >= 11 is 1.53. The number of methoxy groups -OCH3 is 1. The first kappa shape index (κ1) is 8.89. The molecule has 0 unspecified atom stereocenters. The highest BCUT2D eigenvalue weighted by Crippen LogP contribution is 2.17. The first-order valence-electron chi connectivity index (χ1n) is 3.84. The molecule has 72 valence electrons. The van der Waals surface area contributed by atoms with Crippen LogP contribution in [0.4, 0.5) is 0 Å². The molecule has 0 aromatic carbocycles. The number of thiophene rings is 1. The van der Waals surface area contributed by atoms with Crippen molar-refractivity contribution < 1.29 is 4.74 Å². The Hall–Kier alpha value is -1.69. The van der Waals surface area contributed by atoms with Crippen molar-refractivity contribution in [2.24, 2.45) is 0 Å². The molecule has 0 fully saturated rings. The molecule has 6 heteroatoms. The number of aromatic nitrogens is 3. The largest absolute Gasteiger partial charge is 0.467 e. The van der Waals surface area contributed by atoms with Crippen molar-refractivity contribution in [3.05, 3.63) is 27.3 Å². The monoisotopic (exact) mass is 209 g/mol. The van der Waals surface area contributed by atoms with Crippen LogP contribution in [0.25, 0.3) is 11.4 Å². The molecule has 0 aliphatic carbocycles. The van der Waals surface area contributed by atoms with Crippen molar-refractivity contribution in [1.29, 1.82) is 0 Å². The van der Waals surface area contributed by atoms with E-state index in [9.17, 15) is 4.79 Å². The van der Waals surface area contributed by atoms with Crippen LogP contribution in [0, 0.1) is 0 Å². The van der Waals surface area contributed by atoms with Gasteiger partial charge in [-0.25, -0.2) is 4.79 Å². The van der Waals surface area contributed by atoms with Crippen LogP contribution >= 0.6 is 11.3 Å². The van der Waals surface area contributed by atoms with Crippen LogP contribution in [-0.2, 0) is 0 Å². The third-order valence-electron chi connectivity index (χ3n) is 1.61. The van der Waals surface area contributed by atoms with Crippen LogP contribution in [0.1, 0.15) is 0 Å². The van der Waals surface area contributed by atoms with Crippen LogP contribution < -0.4 is 10.4 Å². The summed E-state index contributed by atoms with van der Waals surface area (Å²) in [5.41, 5.74) is 0.394. The standard InChI is InChI=1S/C8H7N3O2S/c1-13-8-10-6(9-7(12)11-8)5-2-3-14-4-5/h2-4H,1H3,(H,9,10,11,12). The first-order chi connectivity index (χ1) is 6.79. The van der Waals surface area contributed by atoms with Gasteiger partial charge in [-0.3, -0.25) is 4.98 Å². The summed E-state index contributed by atoms with van der Waals surface area (Å²) in [5.74, 6) is 0.475. The summed E-state index contributed by atoms with van der Waals surface area (Å²) in [7, 11) is 1.42. The van der Waals surface area contributed by atoms with Crippen LogP contribution in [0.5, 0.6) is 6.01 Å². The van der Waals surface area contributed by atoms with E-state index in [-0.39, 0.29) is 6.01 Å². The Morgan fingerprint density at radius 1 is 1.50 bits per heavy atom. The van der Waals surface area contributed by atoms with E-state index in [1.807, 2.05) is 16.8 Å². The van der Waals surface area contributed by atoms with Gasteiger partial charge in [0.15, 0.2) is 0 Å². The van der Waals surface area contributed by atoms with Crippen molar-refractivity contribution in [2.45, 2.75) is 0 Å². The number of H-pyrrole nitrogens is 1. The third-order valence-corrected chi connectivity index (χ3v) is 2.29. The van der Waals surface area contributed by atoms with E-state index in [1.54, 1.807) is 0 Å². The molecule has 2 heterocycles. The van der Waals surface area contributed by atoms with Gasteiger partial charge in [-0.1, -0.05) is 0 Å². The van der Waals surface area contributed by atoms with E-state index in [0.717, 1.165) is 5.56 Å². The Kier molecular flexibility index (Phi) is 2.28. The van der Waals surface area contributed by atoms with Crippen LogP contribution in [-0.4, -0.2) is 22.1 Å². The molecular weight excluding hydrogens is 202 g/mol. The zero-order valence-electron chi connectivity index (χ0n) is 7.35. The zero-order chi connectivity index (χ0) is 9.97. The van der Waals surface area contributed by atoms with Gasteiger partial charge in [-0.2, -0.15) is 16.3 Å². The lowest BCUT2D eigenvalue weighted by Gasteiger charge is -1.98. The molecule has 0 radical (unpaired) electrons. The highest BCUT2D eigenvalue weighted by atomic mass is 32.1. The maximum absolute atomic E-state index is 11.1. The lowest BCUT2D eigenvalue weighted by molar-refractivity contribution is 0.377. The topological polar surface area (TPSA) is 67.9 Å². The van der Waals surface area contributed by atoms with Crippen molar-refractivity contribution in [3.63, 3.8) is 0 Å². The number of nitrogens with zero attached hydrogens (tertiary/aromatic N) is 2. The van der Waals surface area contributed by atoms with Gasteiger partial charge in [0.05, 0.1) is 7.11 Å². The molecule has 0 aliphatic rings. The average Bonchev–Trinajstić information content (AvgIpc) is 2.69. The summed E-state index contributed by atoms with van der Waals surface area (Å²) in [6, 6.07) is 1.94. The number of nitrogens with one attached hydrogen (secondary N) is 1. The molecule has 0 saturated carbocycles. The minimum atomic E-state index is -0.460. The second kappa shape index (κ2) is 3.59. The molecule has 0 aliphatic heterocycles. The van der Waals surface area contributed by atoms with Gasteiger partial charge in [-0.15, -0.1) is 4.98 Å². The quantitative estimate of drug-likeness (QED) is 0.798. The predicted molar refractivity (Wildman–Crippen MR) is 52.5 cm³/mol. The molecule has 14 heavy (non-hydrogen) atoms. The molecule has 0 spiro atoms. The van der Waals surface area contributed by atoms with Gasteiger partial charge >= 0.3 is 11.7 Å². The van der Waals surface area contributed by atoms with E-state index in [0.29, 0.717) is 5.82 Å². The van der Waals surface area contributed by atoms with E-state index >= 15 is 0 Å². The van der Waals surface area contributed by atoms with Gasteiger partial charge in [0.25, 0.3) is 0 Å². The lowest BCUT2D eigenvalue weighted by atomic mass is 10.3. The molecule has 2 aromatic heterocycles. The summed E-state index contributed by atoms with van der Waals surface area (Å²) in [5, 5.41) is 3.79. The summed E-state index contributed by atoms with van der Waals surface area (Å²) in [4.78, 5) is 21.1. The fourth-order valence-electron chi connectivity index (χ4n) is 0.992. The number of ether oxygens (including phenoxy) is 1. The van der Waals surface area contributed by atoms with Crippen LogP contribution in [0.15, 0.2) is 21.6 Å². The summed E-state index contributed by atoms with van der Waals surface area (Å²) in [6.07, 6.45) is 0. The van der Waals surface area contributed by atoms with E-state index in [2.05, 4.69) is 15.0 Å². The lowest BCUT2D eigenvalue weighted by Crippen LogP contribution is -2.13. The Labute approximate surface area is 83.4 Å². The van der Waals surface area contributed by atoms with Gasteiger partial charge in [0.2, 0.25) is 0 Å². The van der Waals surface area contributed by atoms with Crippen molar-refractivity contribution >= 4 is 11.3 Å². The first-order valence-corrected chi connectivity index (χ1v) is 4.79. The fraction of sp³-hybridized carbons (Fsp3) is 0.125. The smallest absolute Gasteiger partial charge is 0.351 e. The number of rotatable bonds is 2. The SMILES string of the molecule is COc1nc(-c2ccsc2)[nH]c(=O)n1. The average molecular weight is 209 g/mol. The van der Waals surface area contributed by atoms with Crippen LogP contribution in [0.2, 0.25) is 0 Å². The molecular formula is C8H7N3O2S. The van der Waals surface area contributed by atoms with Crippen molar-refractivity contribution in [3.8, 4) is 17.4 Å². The van der Waals surface area contributed by atoms with E-state index < -0.39 is 5.69 Å². The minimum absolute atomic E-state index is 0.0787. The molecule has 2 rings (SSSR count). The molecule has 2 aromatic rings. The molecule has 0 atom stereocenters. The Balaban J connectivity index is 2.54. The molecule has 5 nitrogen and oxygen atoms in total. The summed E-state index contributed by atoms with van der Waals surface area (Å²) in [6.45, 7) is 0. The maximum Gasteiger partial charge on any atom is 0.351 e. The van der Waals surface area contributed by atoms with E-state index in [1.165, 1.54) is 18.4 Å². The maximum atomic E-state index is 11.1. The minimum Gasteiger partial charge on any atom is -0.467 e. The van der Waals surface area contributed by atoms with Crippen molar-refractivity contribution in [1.82, 2.24) is 15.0 Å². The Morgan fingerprint density at radius 2 is 2.36 bits per heavy atom. The molecule has 0 saturated heterocycles. The highest BCUT2D eigenvalue weighted by Gasteiger charge is 2.04. The summed E-state index contributed by atoms with van der Waals surface area (Å²) < 4.78 is 4.79. The second-order valence-electron chi connectivity index (χ2n) is 2.50. The molecule has 0 amide bonds. The van der Waals surface area contributed by atoms with Gasteiger partial charge in [0.1, 0.15) is 5.82 Å². The van der Waals surface area contributed by atoms with E-state index in [4.69, 9.17) is 4.74 Å². The second-order valence-corrected chi connectivity index (χ2v) is 3.28. The molecule has 0 bridgehead atoms. The predicted octanol–water partition coefficient (Wildman–Crippen LogP) is 0.902. The fourth-order valence-corrected chi connectivity index (χ4v) is 1.63. The number of hydrogen-bond acceptors (Lipinski definition) is 5. The van der Waals surface area contributed by atoms with Crippen LogP contribution in [0.3, 0.4) is 0 Å². The Bertz CT molecular complexity index is 478.